The van der Waals surface area contributed by atoms with Crippen LogP contribution in [-0.2, 0) is 6.54 Å². The molecule has 0 aliphatic heterocycles. The largest absolute Gasteiger partial charge is 0.348 e. The van der Waals surface area contributed by atoms with Gasteiger partial charge in [0.25, 0.3) is 0 Å². The van der Waals surface area contributed by atoms with Gasteiger partial charge in [0, 0.05) is 6.54 Å². The van der Waals surface area contributed by atoms with Crippen LogP contribution in [-0.4, -0.2) is 32.4 Å². The minimum Gasteiger partial charge on any atom is -0.348 e. The summed E-state index contributed by atoms with van der Waals surface area (Å²) in [5.74, 6) is 0.745. The van der Waals surface area contributed by atoms with Crippen LogP contribution in [0.2, 0.25) is 0 Å². The Hall–Kier alpha value is -1.70. The molecule has 1 amide bonds. The lowest BCUT2D eigenvalue weighted by atomic mass is 10.4. The van der Waals surface area contributed by atoms with Crippen molar-refractivity contribution in [3.63, 3.8) is 0 Å². The topological polar surface area (TPSA) is 85.8 Å². The Morgan fingerprint density at radius 1 is 1.48 bits per heavy atom. The van der Waals surface area contributed by atoms with Gasteiger partial charge in [0.1, 0.15) is 6.54 Å². The molecule has 1 aliphatic carbocycles. The Labute approximate surface area is 130 Å². The molecule has 7 nitrogen and oxygen atoms in total. The molecule has 112 valence electrons. The first-order chi connectivity index (χ1) is 10.0. The molecule has 0 saturated heterocycles. The summed E-state index contributed by atoms with van der Waals surface area (Å²) < 4.78 is 7.74. The van der Waals surface area contributed by atoms with Gasteiger partial charge in [0.15, 0.2) is 5.82 Å². The van der Waals surface area contributed by atoms with E-state index >= 15 is 0 Å². The smallest absolute Gasteiger partial charge is 0.316 e. The maximum Gasteiger partial charge on any atom is 0.316 e. The summed E-state index contributed by atoms with van der Waals surface area (Å²) in [4.78, 5) is 15.9. The van der Waals surface area contributed by atoms with Crippen LogP contribution in [0.5, 0.6) is 0 Å². The van der Waals surface area contributed by atoms with Crippen LogP contribution in [0.1, 0.15) is 40.7 Å². The van der Waals surface area contributed by atoms with Crippen molar-refractivity contribution in [3.05, 3.63) is 27.6 Å². The van der Waals surface area contributed by atoms with Crippen molar-refractivity contribution in [1.82, 2.24) is 25.2 Å². The van der Waals surface area contributed by atoms with E-state index in [1.54, 1.807) is 4.68 Å². The van der Waals surface area contributed by atoms with Crippen molar-refractivity contribution < 1.29 is 9.32 Å². The molecule has 3 rings (SSSR count). The van der Waals surface area contributed by atoms with E-state index in [9.17, 15) is 4.79 Å². The molecule has 8 heteroatoms. The zero-order valence-electron chi connectivity index (χ0n) is 11.9. The number of aromatic nitrogens is 4. The first kappa shape index (κ1) is 14.2. The molecule has 1 aliphatic rings. The maximum atomic E-state index is 11.8. The van der Waals surface area contributed by atoms with E-state index < -0.39 is 0 Å². The highest BCUT2D eigenvalue weighted by Gasteiger charge is 2.23. The van der Waals surface area contributed by atoms with Gasteiger partial charge in [0.05, 0.1) is 15.9 Å². The van der Waals surface area contributed by atoms with Gasteiger partial charge in [-0.2, -0.15) is 10.1 Å². The highest BCUT2D eigenvalue weighted by atomic mass is 79.9. The third kappa shape index (κ3) is 3.15. The van der Waals surface area contributed by atoms with E-state index in [1.165, 1.54) is 12.8 Å². The maximum absolute atomic E-state index is 11.8. The van der Waals surface area contributed by atoms with Gasteiger partial charge < -0.3 is 9.84 Å². The minimum atomic E-state index is -0.310. The summed E-state index contributed by atoms with van der Waals surface area (Å²) in [6.07, 6.45) is 2.37. The lowest BCUT2D eigenvalue weighted by Crippen LogP contribution is -2.25. The fourth-order valence-corrected chi connectivity index (χ4v) is 2.29. The predicted octanol–water partition coefficient (Wildman–Crippen LogP) is 1.83. The summed E-state index contributed by atoms with van der Waals surface area (Å²) in [5, 5.41) is 11.0. The lowest BCUT2D eigenvalue weighted by Gasteiger charge is -1.99. The monoisotopic (exact) mass is 353 g/mol. The van der Waals surface area contributed by atoms with E-state index in [-0.39, 0.29) is 11.8 Å². The number of nitrogens with one attached hydrogen (secondary N) is 1. The zero-order valence-corrected chi connectivity index (χ0v) is 13.5. The molecule has 1 fully saturated rings. The third-order valence-electron chi connectivity index (χ3n) is 3.49. The standard InChI is InChI=1S/C13H16BrN5O2/c1-7-11(14)8(2)19(17-7)6-10-16-13(21-18-10)12(20)15-5-9-3-4-9/h9H,3-6H2,1-2H3,(H,15,20). The van der Waals surface area contributed by atoms with Crippen LogP contribution in [0.4, 0.5) is 0 Å². The third-order valence-corrected chi connectivity index (χ3v) is 4.64. The number of carbonyl (C=O) groups is 1. The number of aryl methyl sites for hydroxylation is 1. The number of nitrogens with zero attached hydrogens (tertiary/aromatic N) is 4. The van der Waals surface area contributed by atoms with Crippen molar-refractivity contribution in [2.45, 2.75) is 33.2 Å². The first-order valence-corrected chi connectivity index (χ1v) is 7.64. The number of amides is 1. The van der Waals surface area contributed by atoms with Gasteiger partial charge in [-0.25, -0.2) is 0 Å². The SMILES string of the molecule is Cc1nn(Cc2noc(C(=O)NCC3CC3)n2)c(C)c1Br. The molecule has 0 atom stereocenters. The molecular formula is C13H16BrN5O2. The molecule has 1 N–H and O–H groups in total. The fraction of sp³-hybridized carbons (Fsp3) is 0.538. The Kier molecular flexibility index (Phi) is 3.79. The van der Waals surface area contributed by atoms with Crippen LogP contribution in [0, 0.1) is 19.8 Å². The minimum absolute atomic E-state index is 0.00578. The number of rotatable bonds is 5. The van der Waals surface area contributed by atoms with Crippen molar-refractivity contribution in [1.29, 1.82) is 0 Å². The van der Waals surface area contributed by atoms with E-state index in [2.05, 4.69) is 36.5 Å². The predicted molar refractivity (Wildman–Crippen MR) is 77.9 cm³/mol. The normalized spacial score (nSPS) is 14.4. The first-order valence-electron chi connectivity index (χ1n) is 6.85. The molecular weight excluding hydrogens is 338 g/mol. The summed E-state index contributed by atoms with van der Waals surface area (Å²) in [6.45, 7) is 4.92. The molecule has 0 radical (unpaired) electrons. The number of carbonyl (C=O) groups excluding carboxylic acids is 1. The van der Waals surface area contributed by atoms with E-state index in [4.69, 9.17) is 4.52 Å². The molecule has 1 saturated carbocycles. The van der Waals surface area contributed by atoms with Crippen LogP contribution < -0.4 is 5.32 Å². The van der Waals surface area contributed by atoms with Crippen molar-refractivity contribution in [2.75, 3.05) is 6.54 Å². The molecule has 0 spiro atoms. The van der Waals surface area contributed by atoms with Gasteiger partial charge in [0.2, 0.25) is 0 Å². The summed E-state index contributed by atoms with van der Waals surface area (Å²) in [7, 11) is 0. The highest BCUT2D eigenvalue weighted by Crippen LogP contribution is 2.27. The molecule has 0 aromatic carbocycles. The quantitative estimate of drug-likeness (QED) is 0.886. The molecule has 2 aromatic heterocycles. The van der Waals surface area contributed by atoms with Crippen LogP contribution >= 0.6 is 15.9 Å². The zero-order chi connectivity index (χ0) is 15.0. The van der Waals surface area contributed by atoms with Crippen molar-refractivity contribution in [2.24, 2.45) is 5.92 Å². The van der Waals surface area contributed by atoms with Crippen LogP contribution in [0.25, 0.3) is 0 Å². The van der Waals surface area contributed by atoms with E-state index in [1.807, 2.05) is 13.8 Å². The average molecular weight is 354 g/mol. The van der Waals surface area contributed by atoms with Crippen LogP contribution in [0.15, 0.2) is 9.00 Å². The number of hydrogen-bond acceptors (Lipinski definition) is 5. The van der Waals surface area contributed by atoms with Crippen LogP contribution in [0.3, 0.4) is 0 Å². The Morgan fingerprint density at radius 2 is 2.24 bits per heavy atom. The Balaban J connectivity index is 1.66. The molecule has 0 bridgehead atoms. The molecule has 0 unspecified atom stereocenters. The van der Waals surface area contributed by atoms with E-state index in [0.717, 1.165) is 15.9 Å². The summed E-state index contributed by atoms with van der Waals surface area (Å²) in [5.41, 5.74) is 1.88. The summed E-state index contributed by atoms with van der Waals surface area (Å²) >= 11 is 3.47. The highest BCUT2D eigenvalue weighted by molar-refractivity contribution is 9.10. The fourth-order valence-electron chi connectivity index (χ4n) is 2.01. The van der Waals surface area contributed by atoms with Gasteiger partial charge in [-0.3, -0.25) is 9.48 Å². The summed E-state index contributed by atoms with van der Waals surface area (Å²) in [6, 6.07) is 0. The molecule has 21 heavy (non-hydrogen) atoms. The van der Waals surface area contributed by atoms with Gasteiger partial charge in [-0.05, 0) is 48.5 Å². The average Bonchev–Trinajstić information content (AvgIpc) is 3.13. The second kappa shape index (κ2) is 5.59. The van der Waals surface area contributed by atoms with Gasteiger partial charge in [-0.1, -0.05) is 5.16 Å². The molecule has 2 heterocycles. The van der Waals surface area contributed by atoms with Crippen molar-refractivity contribution in [3.8, 4) is 0 Å². The lowest BCUT2D eigenvalue weighted by molar-refractivity contribution is 0.0908. The number of hydrogen-bond donors (Lipinski definition) is 1. The van der Waals surface area contributed by atoms with Gasteiger partial charge >= 0.3 is 11.8 Å². The number of halogens is 1. The second-order valence-corrected chi connectivity index (χ2v) is 6.10. The second-order valence-electron chi connectivity index (χ2n) is 5.31. The van der Waals surface area contributed by atoms with E-state index in [0.29, 0.717) is 24.8 Å². The Morgan fingerprint density at radius 3 is 2.86 bits per heavy atom. The molecule has 2 aromatic rings. The van der Waals surface area contributed by atoms with Gasteiger partial charge in [-0.15, -0.1) is 0 Å². The van der Waals surface area contributed by atoms with Crippen molar-refractivity contribution >= 4 is 21.8 Å². The Bertz CT molecular complexity index is 674.